The molecule has 194 valence electrons. The Morgan fingerprint density at radius 1 is 1.24 bits per heavy atom. The predicted octanol–water partition coefficient (Wildman–Crippen LogP) is 5.35. The Morgan fingerprint density at radius 3 is 2.74 bits per heavy atom. The zero-order valence-corrected chi connectivity index (χ0v) is 22.1. The van der Waals surface area contributed by atoms with Crippen molar-refractivity contribution in [2.45, 2.75) is 38.0 Å². The molecule has 0 saturated heterocycles. The number of hydrogen-bond acceptors (Lipinski definition) is 7. The molecule has 38 heavy (non-hydrogen) atoms. The second kappa shape index (κ2) is 10.4. The summed E-state index contributed by atoms with van der Waals surface area (Å²) in [5.74, 6) is 1.20. The number of nitro benzene ring substituents is 1. The van der Waals surface area contributed by atoms with Gasteiger partial charge in [-0.25, -0.2) is 4.90 Å². The first-order valence-corrected chi connectivity index (χ1v) is 13.3. The zero-order valence-electron chi connectivity index (χ0n) is 20.5. The van der Waals surface area contributed by atoms with Gasteiger partial charge in [0, 0.05) is 35.5 Å². The zero-order chi connectivity index (χ0) is 27.0. The van der Waals surface area contributed by atoms with Crippen LogP contribution in [0, 0.1) is 10.1 Å². The molecule has 5 rings (SSSR count). The van der Waals surface area contributed by atoms with E-state index in [1.807, 2.05) is 0 Å². The minimum absolute atomic E-state index is 0.141. The van der Waals surface area contributed by atoms with E-state index in [2.05, 4.69) is 11.9 Å². The summed E-state index contributed by atoms with van der Waals surface area (Å²) in [6.07, 6.45) is 1.07. The van der Waals surface area contributed by atoms with Crippen molar-refractivity contribution in [1.29, 1.82) is 0 Å². The number of amides is 1. The first-order chi connectivity index (χ1) is 18.3. The van der Waals surface area contributed by atoms with Crippen molar-refractivity contribution < 1.29 is 18.8 Å². The highest BCUT2D eigenvalue weighted by atomic mass is 35.5. The Kier molecular flexibility index (Phi) is 7.04. The van der Waals surface area contributed by atoms with Crippen LogP contribution in [-0.2, 0) is 4.79 Å². The number of anilines is 1. The number of thioether (sulfide) groups is 1. The highest BCUT2D eigenvalue weighted by molar-refractivity contribution is 7.99. The van der Waals surface area contributed by atoms with E-state index in [9.17, 15) is 19.7 Å². The maximum Gasteiger partial charge on any atom is 0.325 e. The van der Waals surface area contributed by atoms with Gasteiger partial charge < -0.3 is 4.42 Å². The molecule has 2 aromatic carbocycles. The number of nitro groups is 1. The van der Waals surface area contributed by atoms with Gasteiger partial charge in [0.15, 0.2) is 5.76 Å². The SMILES string of the molecule is CCCCSc1n[n+]2c(c(=O)[nH]1)-c1ccccc1N(C(C)=O)[C@@H]2c1ccc(-c2ccc([N+](=O)[O-])cc2Cl)o1. The number of aromatic amines is 1. The molecule has 2 aromatic heterocycles. The number of nitrogens with one attached hydrogen (secondary N) is 1. The van der Waals surface area contributed by atoms with E-state index >= 15 is 0 Å². The van der Waals surface area contributed by atoms with Crippen LogP contribution in [0.25, 0.3) is 22.6 Å². The predicted molar refractivity (Wildman–Crippen MR) is 143 cm³/mol. The maximum atomic E-state index is 13.4. The van der Waals surface area contributed by atoms with Crippen LogP contribution in [-0.4, -0.2) is 26.7 Å². The van der Waals surface area contributed by atoms with Gasteiger partial charge in [0.2, 0.25) is 11.1 Å². The lowest BCUT2D eigenvalue weighted by molar-refractivity contribution is -0.764. The second-order valence-electron chi connectivity index (χ2n) is 8.66. The Hall–Kier alpha value is -3.96. The van der Waals surface area contributed by atoms with Crippen molar-refractivity contribution in [3.63, 3.8) is 0 Å². The first kappa shape index (κ1) is 25.7. The summed E-state index contributed by atoms with van der Waals surface area (Å²) in [5.41, 5.74) is 1.41. The number of carbonyl (C=O) groups excluding carboxylic acids is 1. The van der Waals surface area contributed by atoms with Crippen molar-refractivity contribution in [2.75, 3.05) is 10.7 Å². The first-order valence-electron chi connectivity index (χ1n) is 11.9. The topological polar surface area (TPSA) is 126 Å². The van der Waals surface area contributed by atoms with Crippen LogP contribution in [0.15, 0.2) is 69.0 Å². The van der Waals surface area contributed by atoms with Crippen LogP contribution in [0.3, 0.4) is 0 Å². The standard InChI is InChI=1S/C26H22ClN5O5S/c1-3-4-13-38-26-28-24(34)23-18-7-5-6-8-20(18)30(15(2)33)25(31(23)29-26)22-12-11-21(37-22)17-10-9-16(32(35)36)14-19(17)27/h5-12,14,25H,3-4,13H2,1-2H3/p+1/t25-/m0/s1. The minimum Gasteiger partial charge on any atom is -0.452 e. The fourth-order valence-corrected chi connectivity index (χ4v) is 5.61. The fourth-order valence-electron chi connectivity index (χ4n) is 4.40. The van der Waals surface area contributed by atoms with Gasteiger partial charge in [0.1, 0.15) is 5.76 Å². The molecule has 1 aliphatic heterocycles. The molecule has 0 bridgehead atoms. The summed E-state index contributed by atoms with van der Waals surface area (Å²) >= 11 is 7.77. The van der Waals surface area contributed by atoms with Crippen molar-refractivity contribution in [3.05, 3.63) is 85.8 Å². The molecule has 0 fully saturated rings. The van der Waals surface area contributed by atoms with Crippen molar-refractivity contribution >= 4 is 40.6 Å². The number of para-hydroxylation sites is 1. The van der Waals surface area contributed by atoms with Crippen LogP contribution < -0.4 is 15.1 Å². The Balaban J connectivity index is 1.67. The van der Waals surface area contributed by atoms with E-state index < -0.39 is 11.1 Å². The highest BCUT2D eigenvalue weighted by Gasteiger charge is 2.46. The van der Waals surface area contributed by atoms with Gasteiger partial charge in [0.05, 0.1) is 21.2 Å². The van der Waals surface area contributed by atoms with Crippen LogP contribution in [0.2, 0.25) is 5.02 Å². The van der Waals surface area contributed by atoms with E-state index in [1.165, 1.54) is 46.5 Å². The van der Waals surface area contributed by atoms with E-state index in [0.717, 1.165) is 18.6 Å². The molecule has 0 saturated carbocycles. The summed E-state index contributed by atoms with van der Waals surface area (Å²) in [4.78, 5) is 41.4. The molecule has 1 N–H and O–H groups in total. The number of hydrogen-bond donors (Lipinski definition) is 1. The van der Waals surface area contributed by atoms with Crippen molar-refractivity contribution in [1.82, 2.24) is 10.1 Å². The normalized spacial score (nSPS) is 14.2. The van der Waals surface area contributed by atoms with Gasteiger partial charge >= 0.3 is 17.4 Å². The number of rotatable bonds is 7. The van der Waals surface area contributed by atoms with Crippen LogP contribution in [0.5, 0.6) is 0 Å². The molecule has 1 aliphatic rings. The smallest absolute Gasteiger partial charge is 0.325 e. The largest absolute Gasteiger partial charge is 0.452 e. The van der Waals surface area contributed by atoms with Crippen LogP contribution in [0.4, 0.5) is 11.4 Å². The average Bonchev–Trinajstić information content (AvgIpc) is 3.37. The monoisotopic (exact) mass is 552 g/mol. The Labute approximate surface area is 226 Å². The molecule has 0 unspecified atom stereocenters. The number of H-pyrrole nitrogens is 1. The number of halogens is 1. The molecule has 3 heterocycles. The molecule has 1 atom stereocenters. The third-order valence-corrected chi connectivity index (χ3v) is 7.41. The number of aromatic nitrogens is 3. The van der Waals surface area contributed by atoms with Gasteiger partial charge in [-0.3, -0.25) is 24.7 Å². The number of carbonyl (C=O) groups is 1. The van der Waals surface area contributed by atoms with Crippen molar-refractivity contribution in [3.8, 4) is 22.6 Å². The van der Waals surface area contributed by atoms with E-state index in [1.54, 1.807) is 36.4 Å². The van der Waals surface area contributed by atoms with Crippen LogP contribution >= 0.6 is 23.4 Å². The van der Waals surface area contributed by atoms with E-state index in [-0.39, 0.29) is 22.2 Å². The number of non-ortho nitro benzene ring substituents is 1. The maximum absolute atomic E-state index is 13.4. The minimum atomic E-state index is -0.893. The molecular formula is C26H23ClN5O5S+. The Bertz CT molecular complexity index is 1620. The van der Waals surface area contributed by atoms with Gasteiger partial charge in [-0.05, 0) is 41.4 Å². The van der Waals surface area contributed by atoms with Gasteiger partial charge in [-0.1, -0.05) is 48.8 Å². The van der Waals surface area contributed by atoms with Gasteiger partial charge in [-0.15, -0.1) is 0 Å². The number of fused-ring (bicyclic) bond motifs is 3. The van der Waals surface area contributed by atoms with Crippen LogP contribution in [0.1, 0.15) is 38.6 Å². The molecule has 1 amide bonds. The quantitative estimate of drug-likeness (QED) is 0.108. The van der Waals surface area contributed by atoms with Gasteiger partial charge in [-0.2, -0.15) is 0 Å². The molecule has 0 radical (unpaired) electrons. The summed E-state index contributed by atoms with van der Waals surface area (Å²) in [7, 11) is 0. The molecule has 0 spiro atoms. The van der Waals surface area contributed by atoms with Gasteiger partial charge in [0.25, 0.3) is 5.69 Å². The number of nitrogens with zero attached hydrogens (tertiary/aromatic N) is 4. The summed E-state index contributed by atoms with van der Waals surface area (Å²) in [5, 5.41) is 16.4. The average molecular weight is 553 g/mol. The highest BCUT2D eigenvalue weighted by Crippen LogP contribution is 2.39. The number of furan rings is 1. The fraction of sp³-hybridized carbons (Fsp3) is 0.231. The molecular weight excluding hydrogens is 530 g/mol. The van der Waals surface area contributed by atoms with E-state index in [0.29, 0.717) is 39.2 Å². The lowest BCUT2D eigenvalue weighted by atomic mass is 10.0. The van der Waals surface area contributed by atoms with E-state index in [4.69, 9.17) is 21.1 Å². The number of benzene rings is 2. The third-order valence-electron chi connectivity index (χ3n) is 6.14. The molecule has 4 aromatic rings. The molecule has 12 heteroatoms. The molecule has 10 nitrogen and oxygen atoms in total. The molecule has 0 aliphatic carbocycles. The van der Waals surface area contributed by atoms with Crippen molar-refractivity contribution in [2.24, 2.45) is 0 Å². The Morgan fingerprint density at radius 2 is 2.03 bits per heavy atom. The summed E-state index contributed by atoms with van der Waals surface area (Å²) < 4.78 is 7.72. The summed E-state index contributed by atoms with van der Waals surface area (Å²) in [6.45, 7) is 3.53. The second-order valence-corrected chi connectivity index (χ2v) is 10.1. The lowest BCUT2D eigenvalue weighted by Crippen LogP contribution is -2.60. The third kappa shape index (κ3) is 4.59. The summed E-state index contributed by atoms with van der Waals surface area (Å²) in [6, 6.07) is 14.6. The lowest BCUT2D eigenvalue weighted by Gasteiger charge is -2.30. The number of unbranched alkanes of at least 4 members (excludes halogenated alkanes) is 1.